The van der Waals surface area contributed by atoms with Crippen LogP contribution in [0.4, 0.5) is 0 Å². The van der Waals surface area contributed by atoms with Gasteiger partial charge in [-0.15, -0.1) is 0 Å². The summed E-state index contributed by atoms with van der Waals surface area (Å²) in [6.45, 7) is 2.00. The summed E-state index contributed by atoms with van der Waals surface area (Å²) in [7, 11) is 0. The van der Waals surface area contributed by atoms with E-state index in [9.17, 15) is 4.79 Å². The fraction of sp³-hybridized carbons (Fsp3) is 0.267. The molecule has 1 unspecified atom stereocenters. The third kappa shape index (κ3) is 3.10. The van der Waals surface area contributed by atoms with Crippen molar-refractivity contribution >= 4 is 16.7 Å². The molecule has 2 rings (SSSR count). The quantitative estimate of drug-likeness (QED) is 0.772. The molecule has 0 saturated heterocycles. The molecule has 2 aromatic rings. The second kappa shape index (κ2) is 5.82. The summed E-state index contributed by atoms with van der Waals surface area (Å²) in [4.78, 5) is 11.7. The summed E-state index contributed by atoms with van der Waals surface area (Å²) >= 11 is 0. The van der Waals surface area contributed by atoms with E-state index in [0.29, 0.717) is 6.54 Å². The summed E-state index contributed by atoms with van der Waals surface area (Å²) in [6.07, 6.45) is 0. The van der Waals surface area contributed by atoms with Gasteiger partial charge in [-0.3, -0.25) is 4.79 Å². The maximum Gasteiger partial charge on any atom is 0.237 e. The van der Waals surface area contributed by atoms with E-state index >= 15 is 0 Å². The van der Waals surface area contributed by atoms with Crippen molar-refractivity contribution in [2.75, 3.05) is 6.54 Å². The summed E-state index contributed by atoms with van der Waals surface area (Å²) in [5.41, 5.74) is 12.3. The van der Waals surface area contributed by atoms with Crippen LogP contribution in [0.25, 0.3) is 10.8 Å². The highest BCUT2D eigenvalue weighted by molar-refractivity contribution is 5.84. The molecule has 0 aliphatic heterocycles. The molecular formula is C15H19N3O. The minimum atomic E-state index is -0.533. The third-order valence-electron chi connectivity index (χ3n) is 3.14. The Labute approximate surface area is 112 Å². The standard InChI is InChI=1S/C15H19N3O/c1-10(17)15(19)18-14(9-16)13-7-6-11-4-2-3-5-12(11)8-13/h2-8,10,14H,9,16-17H2,1H3,(H,18,19)/t10-,14?/m0/s1. The van der Waals surface area contributed by atoms with Crippen LogP contribution in [-0.4, -0.2) is 18.5 Å². The molecule has 5 N–H and O–H groups in total. The van der Waals surface area contributed by atoms with Gasteiger partial charge in [0.2, 0.25) is 5.91 Å². The lowest BCUT2D eigenvalue weighted by Gasteiger charge is -2.19. The van der Waals surface area contributed by atoms with Crippen molar-refractivity contribution in [3.05, 3.63) is 48.0 Å². The van der Waals surface area contributed by atoms with Gasteiger partial charge in [-0.1, -0.05) is 36.4 Å². The zero-order valence-electron chi connectivity index (χ0n) is 11.0. The largest absolute Gasteiger partial charge is 0.347 e. The average Bonchev–Trinajstić information content (AvgIpc) is 2.43. The van der Waals surface area contributed by atoms with Crippen molar-refractivity contribution < 1.29 is 4.79 Å². The Morgan fingerprint density at radius 2 is 1.89 bits per heavy atom. The van der Waals surface area contributed by atoms with Crippen LogP contribution in [0.2, 0.25) is 0 Å². The van der Waals surface area contributed by atoms with Crippen molar-refractivity contribution in [1.82, 2.24) is 5.32 Å². The average molecular weight is 257 g/mol. The van der Waals surface area contributed by atoms with E-state index in [0.717, 1.165) is 10.9 Å². The second-order valence-electron chi connectivity index (χ2n) is 4.69. The first-order valence-electron chi connectivity index (χ1n) is 6.36. The van der Waals surface area contributed by atoms with Crippen LogP contribution in [0, 0.1) is 0 Å². The molecule has 2 atom stereocenters. The minimum Gasteiger partial charge on any atom is -0.347 e. The van der Waals surface area contributed by atoms with E-state index in [4.69, 9.17) is 11.5 Å². The molecule has 19 heavy (non-hydrogen) atoms. The van der Waals surface area contributed by atoms with Crippen molar-refractivity contribution in [1.29, 1.82) is 0 Å². The highest BCUT2D eigenvalue weighted by atomic mass is 16.2. The normalized spacial score (nSPS) is 14.1. The van der Waals surface area contributed by atoms with Gasteiger partial charge in [0.25, 0.3) is 0 Å². The van der Waals surface area contributed by atoms with E-state index in [1.807, 2.05) is 36.4 Å². The summed E-state index contributed by atoms with van der Waals surface area (Å²) in [5.74, 6) is -0.191. The summed E-state index contributed by atoms with van der Waals surface area (Å²) in [5, 5.41) is 5.16. The molecule has 0 fully saturated rings. The molecule has 4 nitrogen and oxygen atoms in total. The lowest BCUT2D eigenvalue weighted by molar-refractivity contribution is -0.122. The fourth-order valence-corrected chi connectivity index (χ4v) is 2.01. The Bertz CT molecular complexity index is 580. The number of hydrogen-bond donors (Lipinski definition) is 3. The number of hydrogen-bond acceptors (Lipinski definition) is 3. The number of rotatable bonds is 4. The van der Waals surface area contributed by atoms with Crippen LogP contribution >= 0.6 is 0 Å². The smallest absolute Gasteiger partial charge is 0.237 e. The van der Waals surface area contributed by atoms with Crippen LogP contribution in [-0.2, 0) is 4.79 Å². The molecule has 4 heteroatoms. The Kier molecular flexibility index (Phi) is 4.14. The van der Waals surface area contributed by atoms with Crippen LogP contribution in [0.3, 0.4) is 0 Å². The molecule has 0 aliphatic carbocycles. The number of nitrogens with two attached hydrogens (primary N) is 2. The van der Waals surface area contributed by atoms with Crippen LogP contribution in [0.1, 0.15) is 18.5 Å². The molecule has 1 amide bonds. The first-order chi connectivity index (χ1) is 9.11. The molecule has 2 aromatic carbocycles. The van der Waals surface area contributed by atoms with E-state index in [1.165, 1.54) is 5.39 Å². The number of benzene rings is 2. The topological polar surface area (TPSA) is 81.1 Å². The molecule has 0 spiro atoms. The van der Waals surface area contributed by atoms with E-state index in [1.54, 1.807) is 6.92 Å². The van der Waals surface area contributed by atoms with E-state index in [-0.39, 0.29) is 11.9 Å². The third-order valence-corrected chi connectivity index (χ3v) is 3.14. The number of carbonyl (C=O) groups is 1. The van der Waals surface area contributed by atoms with E-state index in [2.05, 4.69) is 11.4 Å². The maximum atomic E-state index is 11.7. The summed E-state index contributed by atoms with van der Waals surface area (Å²) in [6, 6.07) is 13.4. The molecule has 0 aromatic heterocycles. The van der Waals surface area contributed by atoms with Crippen molar-refractivity contribution in [2.45, 2.75) is 19.0 Å². The highest BCUT2D eigenvalue weighted by Gasteiger charge is 2.15. The zero-order chi connectivity index (χ0) is 13.8. The molecule has 0 saturated carbocycles. The maximum absolute atomic E-state index is 11.7. The predicted octanol–water partition coefficient (Wildman–Crippen LogP) is 1.30. The van der Waals surface area contributed by atoms with Gasteiger partial charge >= 0.3 is 0 Å². The predicted molar refractivity (Wildman–Crippen MR) is 77.5 cm³/mol. The van der Waals surface area contributed by atoms with Crippen molar-refractivity contribution in [3.63, 3.8) is 0 Å². The Morgan fingerprint density at radius 3 is 2.53 bits per heavy atom. The molecule has 100 valence electrons. The Balaban J connectivity index is 2.27. The van der Waals surface area contributed by atoms with Gasteiger partial charge in [0.1, 0.15) is 0 Å². The van der Waals surface area contributed by atoms with Gasteiger partial charge in [-0.25, -0.2) is 0 Å². The molecule has 0 bridgehead atoms. The number of fused-ring (bicyclic) bond motifs is 1. The second-order valence-corrected chi connectivity index (χ2v) is 4.69. The Morgan fingerprint density at radius 1 is 1.21 bits per heavy atom. The van der Waals surface area contributed by atoms with Crippen LogP contribution < -0.4 is 16.8 Å². The fourth-order valence-electron chi connectivity index (χ4n) is 2.01. The van der Waals surface area contributed by atoms with Crippen molar-refractivity contribution in [3.8, 4) is 0 Å². The highest BCUT2D eigenvalue weighted by Crippen LogP contribution is 2.20. The molecule has 0 aliphatic rings. The van der Waals surface area contributed by atoms with Gasteiger partial charge in [0.05, 0.1) is 12.1 Å². The first kappa shape index (κ1) is 13.5. The van der Waals surface area contributed by atoms with Gasteiger partial charge in [-0.05, 0) is 29.3 Å². The number of carbonyl (C=O) groups excluding carboxylic acids is 1. The monoisotopic (exact) mass is 257 g/mol. The van der Waals surface area contributed by atoms with Crippen molar-refractivity contribution in [2.24, 2.45) is 11.5 Å². The first-order valence-corrected chi connectivity index (χ1v) is 6.36. The van der Waals surface area contributed by atoms with Gasteiger partial charge in [0, 0.05) is 6.54 Å². The molecule has 0 radical (unpaired) electrons. The lowest BCUT2D eigenvalue weighted by atomic mass is 10.0. The van der Waals surface area contributed by atoms with Crippen LogP contribution in [0.5, 0.6) is 0 Å². The minimum absolute atomic E-state index is 0.191. The Hall–Kier alpha value is -1.91. The number of amides is 1. The summed E-state index contributed by atoms with van der Waals surface area (Å²) < 4.78 is 0. The SMILES string of the molecule is C[C@H](N)C(=O)NC(CN)c1ccc2ccccc2c1. The lowest BCUT2D eigenvalue weighted by Crippen LogP contribution is -2.42. The van der Waals surface area contributed by atoms with Gasteiger partial charge in [0.15, 0.2) is 0 Å². The van der Waals surface area contributed by atoms with Gasteiger partial charge in [-0.2, -0.15) is 0 Å². The molecule has 0 heterocycles. The number of nitrogens with one attached hydrogen (secondary N) is 1. The zero-order valence-corrected chi connectivity index (χ0v) is 11.0. The van der Waals surface area contributed by atoms with E-state index < -0.39 is 6.04 Å². The van der Waals surface area contributed by atoms with Gasteiger partial charge < -0.3 is 16.8 Å². The molecular weight excluding hydrogens is 238 g/mol. The van der Waals surface area contributed by atoms with Crippen LogP contribution in [0.15, 0.2) is 42.5 Å².